The summed E-state index contributed by atoms with van der Waals surface area (Å²) >= 11 is 0. The van der Waals surface area contributed by atoms with Gasteiger partial charge in [0.2, 0.25) is 0 Å². The number of hydrogen-bond acceptors (Lipinski definition) is 4. The molecule has 2 aliphatic carbocycles. The van der Waals surface area contributed by atoms with E-state index < -0.39 is 0 Å². The Labute approximate surface area is 110 Å². The summed E-state index contributed by atoms with van der Waals surface area (Å²) in [5, 5.41) is 3.65. The van der Waals surface area contributed by atoms with Crippen molar-refractivity contribution in [2.75, 3.05) is 26.8 Å². The van der Waals surface area contributed by atoms with Gasteiger partial charge in [0.25, 0.3) is 0 Å². The van der Waals surface area contributed by atoms with Crippen molar-refractivity contribution in [2.45, 2.75) is 62.9 Å². The van der Waals surface area contributed by atoms with Gasteiger partial charge in [-0.2, -0.15) is 0 Å². The predicted octanol–water partition coefficient (Wildman–Crippen LogP) is 1.35. The SMILES string of the molecule is CCNC1CCC2(CC1N(C)C1CC1)OCCO2. The molecule has 0 aromatic carbocycles. The molecular weight excluding hydrogens is 228 g/mol. The van der Waals surface area contributed by atoms with Gasteiger partial charge >= 0.3 is 0 Å². The molecule has 0 aromatic rings. The van der Waals surface area contributed by atoms with Crippen LogP contribution in [0.5, 0.6) is 0 Å². The first-order valence-electron chi connectivity index (χ1n) is 7.47. The summed E-state index contributed by atoms with van der Waals surface area (Å²) in [5.41, 5.74) is 0. The van der Waals surface area contributed by atoms with Gasteiger partial charge in [-0.15, -0.1) is 0 Å². The number of nitrogens with zero attached hydrogens (tertiary/aromatic N) is 1. The molecule has 0 radical (unpaired) electrons. The second kappa shape index (κ2) is 5.08. The van der Waals surface area contributed by atoms with Crippen LogP contribution in [0, 0.1) is 0 Å². The molecule has 18 heavy (non-hydrogen) atoms. The number of rotatable bonds is 4. The number of hydrogen-bond donors (Lipinski definition) is 1. The highest BCUT2D eigenvalue weighted by molar-refractivity contribution is 4.99. The lowest BCUT2D eigenvalue weighted by molar-refractivity contribution is -0.192. The largest absolute Gasteiger partial charge is 0.347 e. The molecule has 3 aliphatic rings. The second-order valence-corrected chi connectivity index (χ2v) is 5.98. The molecule has 4 nitrogen and oxygen atoms in total. The third-order valence-electron chi connectivity index (χ3n) is 4.75. The highest BCUT2D eigenvalue weighted by Gasteiger charge is 2.47. The van der Waals surface area contributed by atoms with Gasteiger partial charge in [0.15, 0.2) is 5.79 Å². The quantitative estimate of drug-likeness (QED) is 0.821. The van der Waals surface area contributed by atoms with Crippen molar-refractivity contribution in [3.8, 4) is 0 Å². The lowest BCUT2D eigenvalue weighted by Crippen LogP contribution is -2.57. The van der Waals surface area contributed by atoms with E-state index in [2.05, 4.69) is 24.2 Å². The number of nitrogens with one attached hydrogen (secondary N) is 1. The summed E-state index contributed by atoms with van der Waals surface area (Å²) in [6, 6.07) is 1.95. The molecule has 4 heteroatoms. The summed E-state index contributed by atoms with van der Waals surface area (Å²) in [6.07, 6.45) is 5.95. The fourth-order valence-electron chi connectivity index (χ4n) is 3.57. The zero-order chi connectivity index (χ0) is 12.6. The average Bonchev–Trinajstić information content (AvgIpc) is 3.14. The molecule has 1 saturated heterocycles. The lowest BCUT2D eigenvalue weighted by atomic mass is 9.84. The Morgan fingerprint density at radius 3 is 2.56 bits per heavy atom. The topological polar surface area (TPSA) is 33.7 Å². The Morgan fingerprint density at radius 2 is 1.94 bits per heavy atom. The highest BCUT2D eigenvalue weighted by Crippen LogP contribution is 2.40. The maximum absolute atomic E-state index is 5.91. The molecule has 1 N–H and O–H groups in total. The molecular formula is C14H26N2O2. The van der Waals surface area contributed by atoms with E-state index in [4.69, 9.17) is 9.47 Å². The van der Waals surface area contributed by atoms with Gasteiger partial charge in [0.05, 0.1) is 13.2 Å². The molecule has 104 valence electrons. The van der Waals surface area contributed by atoms with E-state index in [1.165, 1.54) is 12.8 Å². The smallest absolute Gasteiger partial charge is 0.170 e. The summed E-state index contributed by atoms with van der Waals surface area (Å²) in [4.78, 5) is 2.57. The highest BCUT2D eigenvalue weighted by atomic mass is 16.7. The van der Waals surface area contributed by atoms with E-state index in [-0.39, 0.29) is 5.79 Å². The van der Waals surface area contributed by atoms with Gasteiger partial charge in [0, 0.05) is 31.0 Å². The van der Waals surface area contributed by atoms with Crippen LogP contribution in [0.25, 0.3) is 0 Å². The third kappa shape index (κ3) is 2.44. The summed E-state index contributed by atoms with van der Waals surface area (Å²) in [7, 11) is 2.28. The van der Waals surface area contributed by atoms with Gasteiger partial charge < -0.3 is 14.8 Å². The molecule has 0 aromatic heterocycles. The van der Waals surface area contributed by atoms with Crippen molar-refractivity contribution in [1.82, 2.24) is 10.2 Å². The molecule has 3 fully saturated rings. The van der Waals surface area contributed by atoms with Gasteiger partial charge in [-0.25, -0.2) is 0 Å². The van der Waals surface area contributed by atoms with Gasteiger partial charge in [-0.1, -0.05) is 6.92 Å². The van der Waals surface area contributed by atoms with Crippen LogP contribution >= 0.6 is 0 Å². The first-order chi connectivity index (χ1) is 8.74. The Balaban J connectivity index is 1.70. The van der Waals surface area contributed by atoms with Crippen molar-refractivity contribution in [3.63, 3.8) is 0 Å². The van der Waals surface area contributed by atoms with E-state index in [9.17, 15) is 0 Å². The fraction of sp³-hybridized carbons (Fsp3) is 1.00. The Kier molecular flexibility index (Phi) is 3.63. The van der Waals surface area contributed by atoms with Gasteiger partial charge in [0.1, 0.15) is 0 Å². The van der Waals surface area contributed by atoms with Crippen LogP contribution in [0.15, 0.2) is 0 Å². The molecule has 2 atom stereocenters. The Hall–Kier alpha value is -0.160. The Morgan fingerprint density at radius 1 is 1.22 bits per heavy atom. The summed E-state index contributed by atoms with van der Waals surface area (Å²) < 4.78 is 11.8. The molecule has 1 aliphatic heterocycles. The predicted molar refractivity (Wildman–Crippen MR) is 70.5 cm³/mol. The van der Waals surface area contributed by atoms with E-state index in [0.29, 0.717) is 12.1 Å². The van der Waals surface area contributed by atoms with Gasteiger partial charge in [-0.05, 0) is 32.9 Å². The van der Waals surface area contributed by atoms with E-state index in [1.807, 2.05) is 0 Å². The van der Waals surface area contributed by atoms with Crippen molar-refractivity contribution in [3.05, 3.63) is 0 Å². The van der Waals surface area contributed by atoms with Crippen molar-refractivity contribution in [2.24, 2.45) is 0 Å². The molecule has 2 saturated carbocycles. The second-order valence-electron chi connectivity index (χ2n) is 5.98. The number of likely N-dealkylation sites (N-methyl/N-ethyl adjacent to an activating group) is 2. The Bertz CT molecular complexity index is 288. The molecule has 1 spiro atoms. The first-order valence-corrected chi connectivity index (χ1v) is 7.47. The number of ether oxygens (including phenoxy) is 2. The normalized spacial score (nSPS) is 35.5. The van der Waals surface area contributed by atoms with Crippen molar-refractivity contribution < 1.29 is 9.47 Å². The molecule has 0 amide bonds. The maximum Gasteiger partial charge on any atom is 0.170 e. The van der Waals surface area contributed by atoms with E-state index in [0.717, 1.165) is 45.1 Å². The maximum atomic E-state index is 5.91. The lowest BCUT2D eigenvalue weighted by Gasteiger charge is -2.45. The minimum Gasteiger partial charge on any atom is -0.347 e. The minimum absolute atomic E-state index is 0.264. The van der Waals surface area contributed by atoms with Crippen molar-refractivity contribution >= 4 is 0 Å². The zero-order valence-corrected chi connectivity index (χ0v) is 11.7. The van der Waals surface area contributed by atoms with Crippen LogP contribution in [-0.2, 0) is 9.47 Å². The van der Waals surface area contributed by atoms with E-state index in [1.54, 1.807) is 0 Å². The van der Waals surface area contributed by atoms with Crippen LogP contribution in [-0.4, -0.2) is 55.6 Å². The minimum atomic E-state index is -0.264. The average molecular weight is 254 g/mol. The first kappa shape index (κ1) is 12.9. The van der Waals surface area contributed by atoms with Crippen LogP contribution in [0.4, 0.5) is 0 Å². The van der Waals surface area contributed by atoms with Crippen LogP contribution in [0.1, 0.15) is 39.0 Å². The van der Waals surface area contributed by atoms with Gasteiger partial charge in [-0.3, -0.25) is 4.90 Å². The van der Waals surface area contributed by atoms with E-state index >= 15 is 0 Å². The zero-order valence-electron chi connectivity index (χ0n) is 11.7. The van der Waals surface area contributed by atoms with Crippen LogP contribution in [0.2, 0.25) is 0 Å². The van der Waals surface area contributed by atoms with Crippen molar-refractivity contribution in [1.29, 1.82) is 0 Å². The fourth-order valence-corrected chi connectivity index (χ4v) is 3.57. The molecule has 2 unspecified atom stereocenters. The summed E-state index contributed by atoms with van der Waals surface area (Å²) in [5.74, 6) is -0.264. The van der Waals surface area contributed by atoms with Crippen LogP contribution < -0.4 is 5.32 Å². The standard InChI is InChI=1S/C14H26N2O2/c1-3-15-12-6-7-14(17-8-9-18-14)10-13(12)16(2)11-4-5-11/h11-13,15H,3-10H2,1-2H3. The molecule has 3 rings (SSSR count). The third-order valence-corrected chi connectivity index (χ3v) is 4.75. The summed E-state index contributed by atoms with van der Waals surface area (Å²) in [6.45, 7) is 4.78. The molecule has 0 bridgehead atoms. The monoisotopic (exact) mass is 254 g/mol. The van der Waals surface area contributed by atoms with Crippen LogP contribution in [0.3, 0.4) is 0 Å². The molecule has 1 heterocycles.